The van der Waals surface area contributed by atoms with E-state index < -0.39 is 0 Å². The van der Waals surface area contributed by atoms with E-state index in [-0.39, 0.29) is 5.91 Å². The Morgan fingerprint density at radius 3 is 2.53 bits per heavy atom. The Hall–Kier alpha value is -2.28. The molecule has 0 saturated heterocycles. The Bertz CT molecular complexity index is 1010. The molecular formula is C23H31N5OS. The molecule has 0 aliphatic heterocycles. The highest BCUT2D eigenvalue weighted by atomic mass is 32.2. The summed E-state index contributed by atoms with van der Waals surface area (Å²) >= 11 is 1.52. The number of nitrogens with zero attached hydrogens (tertiary/aromatic N) is 4. The van der Waals surface area contributed by atoms with E-state index in [0.29, 0.717) is 23.6 Å². The summed E-state index contributed by atoms with van der Waals surface area (Å²) in [6, 6.07) is 8.69. The lowest BCUT2D eigenvalue weighted by molar-refractivity contribution is -0.129. The average molecular weight is 426 g/mol. The average Bonchev–Trinajstić information content (AvgIpc) is 3.31. The number of nitrogens with one attached hydrogen (secondary N) is 1. The zero-order valence-corrected chi connectivity index (χ0v) is 19.1. The monoisotopic (exact) mass is 425 g/mol. The number of amides is 1. The normalized spacial score (nSPS) is 14.2. The largest absolute Gasteiger partial charge is 0.360 e. The van der Waals surface area contributed by atoms with Crippen molar-refractivity contribution < 1.29 is 4.79 Å². The lowest BCUT2D eigenvalue weighted by Gasteiger charge is -2.26. The number of fused-ring (bicyclic) bond motifs is 1. The van der Waals surface area contributed by atoms with E-state index in [4.69, 9.17) is 0 Å². The van der Waals surface area contributed by atoms with Crippen LogP contribution in [0.5, 0.6) is 0 Å². The van der Waals surface area contributed by atoms with Crippen LogP contribution in [0.2, 0.25) is 0 Å². The van der Waals surface area contributed by atoms with Crippen molar-refractivity contribution in [1.29, 1.82) is 0 Å². The molecule has 1 aromatic carbocycles. The lowest BCUT2D eigenvalue weighted by atomic mass is 10.1. The number of benzene rings is 1. The Morgan fingerprint density at radius 1 is 1.17 bits per heavy atom. The molecule has 160 valence electrons. The van der Waals surface area contributed by atoms with E-state index in [0.717, 1.165) is 53.4 Å². The Balaban J connectivity index is 1.55. The van der Waals surface area contributed by atoms with Gasteiger partial charge in [-0.2, -0.15) is 0 Å². The number of aromatic amines is 1. The second kappa shape index (κ2) is 8.84. The highest BCUT2D eigenvalue weighted by molar-refractivity contribution is 7.99. The van der Waals surface area contributed by atoms with Crippen LogP contribution in [-0.4, -0.2) is 49.4 Å². The molecule has 0 radical (unpaired) electrons. The van der Waals surface area contributed by atoms with Gasteiger partial charge in [-0.1, -0.05) is 57.7 Å². The minimum absolute atomic E-state index is 0.182. The topological polar surface area (TPSA) is 66.8 Å². The predicted octanol–water partition coefficient (Wildman–Crippen LogP) is 4.99. The van der Waals surface area contributed by atoms with Crippen LogP contribution in [0.1, 0.15) is 46.6 Å². The molecular weight excluding hydrogens is 394 g/mol. The third kappa shape index (κ3) is 4.56. The van der Waals surface area contributed by atoms with Gasteiger partial charge < -0.3 is 9.88 Å². The fourth-order valence-electron chi connectivity index (χ4n) is 3.85. The molecule has 1 aliphatic carbocycles. The molecule has 0 atom stereocenters. The van der Waals surface area contributed by atoms with Crippen LogP contribution in [0.25, 0.3) is 22.3 Å². The van der Waals surface area contributed by atoms with Gasteiger partial charge in [0, 0.05) is 41.8 Å². The zero-order chi connectivity index (χ0) is 21.3. The molecule has 4 rings (SSSR count). The molecule has 30 heavy (non-hydrogen) atoms. The van der Waals surface area contributed by atoms with Crippen molar-refractivity contribution >= 4 is 28.6 Å². The number of carbonyl (C=O) groups excluding carboxylic acids is 1. The number of para-hydroxylation sites is 1. The highest BCUT2D eigenvalue weighted by Gasteiger charge is 2.31. The molecule has 3 aromatic rings. The third-order valence-corrected chi connectivity index (χ3v) is 6.18. The molecule has 2 heterocycles. The molecule has 1 saturated carbocycles. The second-order valence-electron chi connectivity index (χ2n) is 9.03. The van der Waals surface area contributed by atoms with Crippen LogP contribution >= 0.6 is 11.8 Å². The number of hydrogen-bond donors (Lipinski definition) is 1. The molecule has 0 spiro atoms. The van der Waals surface area contributed by atoms with E-state index in [1.165, 1.54) is 11.8 Å². The maximum atomic E-state index is 12.9. The molecule has 1 fully saturated rings. The van der Waals surface area contributed by atoms with E-state index in [2.05, 4.69) is 59.6 Å². The first kappa shape index (κ1) is 21.0. The van der Waals surface area contributed by atoms with Crippen molar-refractivity contribution in [3.63, 3.8) is 0 Å². The van der Waals surface area contributed by atoms with Crippen molar-refractivity contribution in [2.75, 3.05) is 18.8 Å². The summed E-state index contributed by atoms with van der Waals surface area (Å²) < 4.78 is 2.24. The van der Waals surface area contributed by atoms with Gasteiger partial charge in [0.1, 0.15) is 0 Å². The summed E-state index contributed by atoms with van der Waals surface area (Å²) in [5.41, 5.74) is 2.17. The van der Waals surface area contributed by atoms with Crippen molar-refractivity contribution in [2.24, 2.45) is 11.8 Å². The van der Waals surface area contributed by atoms with Gasteiger partial charge in [0.25, 0.3) is 0 Å². The summed E-state index contributed by atoms with van der Waals surface area (Å²) in [6.07, 6.45) is 4.30. The molecule has 7 heteroatoms. The Kier molecular flexibility index (Phi) is 6.18. The maximum Gasteiger partial charge on any atom is 0.233 e. The number of aromatic nitrogens is 4. The SMILES string of the molecule is CC(C)CN(CC(C)C)C(=O)CSc1nnc(-c2c[nH]c3ccccc23)n1C1CC1. The summed E-state index contributed by atoms with van der Waals surface area (Å²) in [6.45, 7) is 10.2. The van der Waals surface area contributed by atoms with Gasteiger partial charge in [0.05, 0.1) is 5.75 Å². The smallest absolute Gasteiger partial charge is 0.233 e. The molecule has 1 N–H and O–H groups in total. The molecule has 1 aliphatic rings. The Morgan fingerprint density at radius 2 is 1.87 bits per heavy atom. The van der Waals surface area contributed by atoms with Crippen molar-refractivity contribution in [3.8, 4) is 11.4 Å². The minimum atomic E-state index is 0.182. The van der Waals surface area contributed by atoms with Crippen LogP contribution in [0.15, 0.2) is 35.6 Å². The summed E-state index contributed by atoms with van der Waals surface area (Å²) in [5, 5.41) is 11.0. The number of carbonyl (C=O) groups is 1. The van der Waals surface area contributed by atoms with Crippen LogP contribution in [-0.2, 0) is 4.79 Å². The van der Waals surface area contributed by atoms with Gasteiger partial charge in [-0.05, 0) is 30.7 Å². The first-order valence-electron chi connectivity index (χ1n) is 10.9. The van der Waals surface area contributed by atoms with E-state index in [1.54, 1.807) is 0 Å². The minimum Gasteiger partial charge on any atom is -0.360 e. The fourth-order valence-corrected chi connectivity index (χ4v) is 4.76. The zero-order valence-electron chi connectivity index (χ0n) is 18.3. The quantitative estimate of drug-likeness (QED) is 0.490. The second-order valence-corrected chi connectivity index (χ2v) is 9.97. The number of rotatable bonds is 9. The van der Waals surface area contributed by atoms with Crippen LogP contribution in [0.4, 0.5) is 0 Å². The summed E-state index contributed by atoms with van der Waals surface area (Å²) in [7, 11) is 0. The van der Waals surface area contributed by atoms with Crippen molar-refractivity contribution in [3.05, 3.63) is 30.5 Å². The van der Waals surface area contributed by atoms with Crippen LogP contribution in [0.3, 0.4) is 0 Å². The van der Waals surface area contributed by atoms with Gasteiger partial charge in [-0.25, -0.2) is 0 Å². The van der Waals surface area contributed by atoms with Gasteiger partial charge in [0.2, 0.25) is 5.91 Å². The highest BCUT2D eigenvalue weighted by Crippen LogP contribution is 2.42. The van der Waals surface area contributed by atoms with Gasteiger partial charge in [-0.3, -0.25) is 9.36 Å². The van der Waals surface area contributed by atoms with Gasteiger partial charge in [-0.15, -0.1) is 10.2 Å². The molecule has 0 bridgehead atoms. The first-order valence-corrected chi connectivity index (χ1v) is 11.8. The van der Waals surface area contributed by atoms with Gasteiger partial charge >= 0.3 is 0 Å². The molecule has 1 amide bonds. The molecule has 2 aromatic heterocycles. The first-order chi connectivity index (χ1) is 14.4. The van der Waals surface area contributed by atoms with E-state index in [1.807, 2.05) is 23.2 Å². The molecule has 0 unspecified atom stereocenters. The van der Waals surface area contributed by atoms with Crippen molar-refractivity contribution in [2.45, 2.75) is 51.7 Å². The van der Waals surface area contributed by atoms with Crippen LogP contribution in [0, 0.1) is 11.8 Å². The molecule has 6 nitrogen and oxygen atoms in total. The maximum absolute atomic E-state index is 12.9. The predicted molar refractivity (Wildman–Crippen MR) is 123 cm³/mol. The summed E-state index contributed by atoms with van der Waals surface area (Å²) in [4.78, 5) is 18.3. The fraction of sp³-hybridized carbons (Fsp3) is 0.522. The van der Waals surface area contributed by atoms with Gasteiger partial charge in [0.15, 0.2) is 11.0 Å². The lowest BCUT2D eigenvalue weighted by Crippen LogP contribution is -2.38. The third-order valence-electron chi connectivity index (χ3n) is 5.26. The summed E-state index contributed by atoms with van der Waals surface area (Å²) in [5.74, 6) is 2.40. The van der Waals surface area contributed by atoms with E-state index in [9.17, 15) is 4.79 Å². The Labute approximate surface area is 182 Å². The number of thioether (sulfide) groups is 1. The van der Waals surface area contributed by atoms with Crippen molar-refractivity contribution in [1.82, 2.24) is 24.6 Å². The van der Waals surface area contributed by atoms with Crippen LogP contribution < -0.4 is 0 Å². The standard InChI is InChI=1S/C23H31N5OS/c1-15(2)12-27(13-16(3)4)21(29)14-30-23-26-25-22(28(23)17-9-10-17)19-11-24-20-8-6-5-7-18(19)20/h5-8,11,15-17,24H,9-10,12-14H2,1-4H3. The number of hydrogen-bond acceptors (Lipinski definition) is 4. The van der Waals surface area contributed by atoms with E-state index >= 15 is 0 Å². The number of H-pyrrole nitrogens is 1.